The van der Waals surface area contributed by atoms with Crippen LogP contribution in [0.15, 0.2) is 72.8 Å². The number of nitrogens with zero attached hydrogens (tertiary/aromatic N) is 1. The smallest absolute Gasteiger partial charge is 0.411 e. The van der Waals surface area contributed by atoms with Crippen LogP contribution in [0.1, 0.15) is 16.7 Å². The van der Waals surface area contributed by atoms with E-state index in [4.69, 9.17) is 4.74 Å². The fourth-order valence-corrected chi connectivity index (χ4v) is 3.36. The van der Waals surface area contributed by atoms with Crippen molar-refractivity contribution in [2.24, 2.45) is 0 Å². The van der Waals surface area contributed by atoms with Gasteiger partial charge in [0.15, 0.2) is 0 Å². The molecule has 0 spiro atoms. The minimum Gasteiger partial charge on any atom is -0.457 e. The Balaban J connectivity index is 2.08. The Labute approximate surface area is 178 Å². The summed E-state index contributed by atoms with van der Waals surface area (Å²) < 4.78 is 89.9. The van der Waals surface area contributed by atoms with E-state index in [2.05, 4.69) is 0 Å². The molecule has 0 atom stereocenters. The van der Waals surface area contributed by atoms with Gasteiger partial charge in [-0.3, -0.25) is 10.1 Å². The van der Waals surface area contributed by atoms with Crippen molar-refractivity contribution in [2.45, 2.75) is 24.7 Å². The van der Waals surface area contributed by atoms with Crippen LogP contribution in [-0.4, -0.2) is 17.3 Å². The van der Waals surface area contributed by atoms with E-state index in [9.17, 15) is 36.5 Å². The molecule has 0 saturated heterocycles. The predicted octanol–water partition coefficient (Wildman–Crippen LogP) is 7.11. The van der Waals surface area contributed by atoms with E-state index < -0.39 is 33.8 Å². The molecule has 0 bridgehead atoms. The van der Waals surface area contributed by atoms with E-state index in [1.54, 1.807) is 6.92 Å². The van der Waals surface area contributed by atoms with Crippen LogP contribution < -0.4 is 4.74 Å². The van der Waals surface area contributed by atoms with E-state index in [1.807, 2.05) is 0 Å². The van der Waals surface area contributed by atoms with Crippen LogP contribution in [0.4, 0.5) is 32.0 Å². The summed E-state index contributed by atoms with van der Waals surface area (Å²) in [6, 6.07) is 12.2. The van der Waals surface area contributed by atoms with Crippen molar-refractivity contribution >= 4 is 5.69 Å². The van der Waals surface area contributed by atoms with Gasteiger partial charge in [0.2, 0.25) is 5.41 Å². The van der Waals surface area contributed by atoms with Gasteiger partial charge >= 0.3 is 12.4 Å². The molecule has 168 valence electrons. The first kappa shape index (κ1) is 23.1. The van der Waals surface area contributed by atoms with E-state index in [0.29, 0.717) is 17.7 Å². The monoisotopic (exact) mass is 455 g/mol. The van der Waals surface area contributed by atoms with Crippen LogP contribution >= 0.6 is 0 Å². The molecule has 0 aromatic heterocycles. The highest BCUT2D eigenvalue weighted by atomic mass is 19.4. The Kier molecular flexibility index (Phi) is 5.90. The summed E-state index contributed by atoms with van der Waals surface area (Å²) in [5, 5.41) is 10.8. The van der Waals surface area contributed by atoms with Crippen LogP contribution in [0.5, 0.6) is 11.5 Å². The van der Waals surface area contributed by atoms with Gasteiger partial charge in [0.25, 0.3) is 5.69 Å². The van der Waals surface area contributed by atoms with E-state index in [1.165, 1.54) is 30.3 Å². The quantitative estimate of drug-likeness (QED) is 0.234. The van der Waals surface area contributed by atoms with E-state index >= 15 is 0 Å². The number of non-ortho nitro benzene ring substituents is 1. The normalized spacial score (nSPS) is 12.5. The first-order valence-electron chi connectivity index (χ1n) is 9.09. The van der Waals surface area contributed by atoms with Gasteiger partial charge in [0.1, 0.15) is 11.5 Å². The Morgan fingerprint density at radius 3 is 1.72 bits per heavy atom. The van der Waals surface area contributed by atoms with Gasteiger partial charge in [0, 0.05) is 6.07 Å². The number of nitro benzene ring substituents is 1. The molecule has 0 aliphatic rings. The first-order chi connectivity index (χ1) is 14.9. The van der Waals surface area contributed by atoms with Crippen LogP contribution in [0.3, 0.4) is 0 Å². The SMILES string of the molecule is Cc1ccc(C(c2ccc(Oc3cccc([N+](=O)[O-])c3)cc2)(C(F)(F)F)C(F)(F)F)cc1. The standard InChI is InChI=1S/C22H15F6NO3/c1-14-5-7-15(8-6-14)20(21(23,24)25,22(26,27)28)16-9-11-18(12-10-16)32-19-4-2-3-17(13-19)29(30)31/h2-13H,1H3. The van der Waals surface area contributed by atoms with Crippen molar-refractivity contribution in [2.75, 3.05) is 0 Å². The summed E-state index contributed by atoms with van der Waals surface area (Å²) >= 11 is 0. The molecule has 4 nitrogen and oxygen atoms in total. The lowest BCUT2D eigenvalue weighted by Gasteiger charge is -2.38. The summed E-state index contributed by atoms with van der Waals surface area (Å²) in [6.45, 7) is 1.55. The Morgan fingerprint density at radius 2 is 1.25 bits per heavy atom. The molecule has 0 unspecified atom stereocenters. The summed E-state index contributed by atoms with van der Waals surface area (Å²) in [7, 11) is 0. The van der Waals surface area contributed by atoms with Gasteiger partial charge in [-0.1, -0.05) is 48.0 Å². The molecule has 0 N–H and O–H groups in total. The van der Waals surface area contributed by atoms with Gasteiger partial charge in [-0.25, -0.2) is 0 Å². The molecule has 10 heteroatoms. The average molecular weight is 455 g/mol. The molecule has 0 fully saturated rings. The largest absolute Gasteiger partial charge is 0.457 e. The zero-order valence-corrected chi connectivity index (χ0v) is 16.4. The number of alkyl halides is 6. The van der Waals surface area contributed by atoms with Crippen LogP contribution in [0.2, 0.25) is 0 Å². The van der Waals surface area contributed by atoms with Gasteiger partial charge in [-0.05, 0) is 36.2 Å². The van der Waals surface area contributed by atoms with Crippen molar-refractivity contribution < 1.29 is 36.0 Å². The average Bonchev–Trinajstić information content (AvgIpc) is 2.69. The third-order valence-corrected chi connectivity index (χ3v) is 4.89. The van der Waals surface area contributed by atoms with Crippen LogP contribution in [0, 0.1) is 17.0 Å². The highest BCUT2D eigenvalue weighted by Gasteiger charge is 2.72. The number of rotatable bonds is 5. The number of aryl methyl sites for hydroxylation is 1. The second-order valence-corrected chi connectivity index (χ2v) is 6.99. The second-order valence-electron chi connectivity index (χ2n) is 6.99. The number of halogens is 6. The third-order valence-electron chi connectivity index (χ3n) is 4.89. The number of hydrogen-bond acceptors (Lipinski definition) is 3. The van der Waals surface area contributed by atoms with Crippen molar-refractivity contribution in [3.8, 4) is 11.5 Å². The highest BCUT2D eigenvalue weighted by Crippen LogP contribution is 2.56. The molecule has 0 amide bonds. The zero-order valence-electron chi connectivity index (χ0n) is 16.4. The van der Waals surface area contributed by atoms with Crippen molar-refractivity contribution in [1.82, 2.24) is 0 Å². The molecule has 0 radical (unpaired) electrons. The maximum atomic E-state index is 14.1. The van der Waals surface area contributed by atoms with Gasteiger partial charge in [-0.15, -0.1) is 0 Å². The number of ether oxygens (including phenoxy) is 1. The van der Waals surface area contributed by atoms with Crippen LogP contribution in [-0.2, 0) is 5.41 Å². The second kappa shape index (κ2) is 8.18. The van der Waals surface area contributed by atoms with E-state index in [0.717, 1.165) is 30.3 Å². The highest BCUT2D eigenvalue weighted by molar-refractivity contribution is 5.47. The predicted molar refractivity (Wildman–Crippen MR) is 104 cm³/mol. The summed E-state index contributed by atoms with van der Waals surface area (Å²) in [5.41, 5.74) is -6.03. The first-order valence-corrected chi connectivity index (χ1v) is 9.09. The van der Waals surface area contributed by atoms with Crippen molar-refractivity contribution in [1.29, 1.82) is 0 Å². The lowest BCUT2D eigenvalue weighted by atomic mass is 9.72. The van der Waals surface area contributed by atoms with Gasteiger partial charge in [-0.2, -0.15) is 26.3 Å². The molecule has 0 saturated carbocycles. The number of hydrogen-bond donors (Lipinski definition) is 0. The maximum absolute atomic E-state index is 14.1. The lowest BCUT2D eigenvalue weighted by Crippen LogP contribution is -2.54. The molecule has 0 aliphatic heterocycles. The molecule has 3 aromatic rings. The summed E-state index contributed by atoms with van der Waals surface area (Å²) in [5.74, 6) is -0.0835. The summed E-state index contributed by atoms with van der Waals surface area (Å²) in [4.78, 5) is 10.2. The fourth-order valence-electron chi connectivity index (χ4n) is 3.36. The van der Waals surface area contributed by atoms with Crippen molar-refractivity contribution in [3.63, 3.8) is 0 Å². The molecular weight excluding hydrogens is 440 g/mol. The zero-order chi connectivity index (χ0) is 23.7. The Hall–Kier alpha value is -3.56. The van der Waals surface area contributed by atoms with Crippen LogP contribution in [0.25, 0.3) is 0 Å². The molecule has 0 aliphatic carbocycles. The molecular formula is C22H15F6NO3. The lowest BCUT2D eigenvalue weighted by molar-refractivity contribution is -0.384. The Morgan fingerprint density at radius 1 is 0.750 bits per heavy atom. The minimum absolute atomic E-state index is 0.00314. The van der Waals surface area contributed by atoms with Gasteiger partial charge < -0.3 is 4.74 Å². The van der Waals surface area contributed by atoms with Crippen molar-refractivity contribution in [3.05, 3.63) is 99.6 Å². The molecule has 3 rings (SSSR count). The van der Waals surface area contributed by atoms with Gasteiger partial charge in [0.05, 0.1) is 11.0 Å². The molecule has 0 heterocycles. The fraction of sp³-hybridized carbons (Fsp3) is 0.182. The molecule has 3 aromatic carbocycles. The maximum Gasteiger partial charge on any atom is 0.411 e. The minimum atomic E-state index is -5.69. The summed E-state index contributed by atoms with van der Waals surface area (Å²) in [6.07, 6.45) is -11.4. The topological polar surface area (TPSA) is 52.4 Å². The number of nitro groups is 1. The number of benzene rings is 3. The Bertz CT molecular complexity index is 1090. The van der Waals surface area contributed by atoms with E-state index in [-0.39, 0.29) is 17.2 Å². The third kappa shape index (κ3) is 4.12. The molecule has 32 heavy (non-hydrogen) atoms.